The first-order valence-corrected chi connectivity index (χ1v) is 11.8. The van der Waals surface area contributed by atoms with Crippen LogP contribution in [0, 0.1) is 17.2 Å². The number of nitrogens with zero attached hydrogens (tertiary/aromatic N) is 3. The van der Waals surface area contributed by atoms with E-state index in [0.29, 0.717) is 43.9 Å². The predicted octanol–water partition coefficient (Wildman–Crippen LogP) is 5.06. The number of anilines is 1. The topological polar surface area (TPSA) is 98.4 Å². The van der Waals surface area contributed by atoms with Gasteiger partial charge in [0.2, 0.25) is 5.91 Å². The SMILES string of the molecule is N#CCCCn1c(CN2c3ccccc3[C@]3(C[C@@H](CNC(=O)O)C3)C2=O)cc2cc(Cl)ccc21. The third-order valence-electron chi connectivity index (χ3n) is 7.12. The van der Waals surface area contributed by atoms with Crippen molar-refractivity contribution in [2.45, 2.75) is 44.2 Å². The van der Waals surface area contributed by atoms with Gasteiger partial charge in [0.15, 0.2) is 0 Å². The zero-order valence-corrected chi connectivity index (χ0v) is 19.4. The highest BCUT2D eigenvalue weighted by Gasteiger charge is 2.58. The van der Waals surface area contributed by atoms with E-state index >= 15 is 0 Å². The molecule has 0 unspecified atom stereocenters. The standard InChI is InChI=1S/C26H25ClN4O3/c27-19-7-8-22-18(11-19)12-20(30(22)10-4-3-9-28)16-31-23-6-2-1-5-21(23)26(24(31)32)13-17(14-26)15-29-25(33)34/h1-2,5-8,11-12,17,29H,3-4,10,13-16H2,(H,33,34)/t17-,26-. The molecular formula is C26H25ClN4O3. The fourth-order valence-corrected chi connectivity index (χ4v) is 5.80. The molecule has 2 amide bonds. The summed E-state index contributed by atoms with van der Waals surface area (Å²) in [5.41, 5.74) is 3.41. The third-order valence-corrected chi connectivity index (χ3v) is 7.36. The van der Waals surface area contributed by atoms with E-state index in [1.807, 2.05) is 47.4 Å². The Morgan fingerprint density at radius 2 is 2.03 bits per heavy atom. The van der Waals surface area contributed by atoms with Gasteiger partial charge in [0.05, 0.1) is 18.0 Å². The summed E-state index contributed by atoms with van der Waals surface area (Å²) < 4.78 is 2.18. The number of carbonyl (C=O) groups excluding carboxylic acids is 1. The highest BCUT2D eigenvalue weighted by Crippen LogP contribution is 2.56. The Labute approximate surface area is 202 Å². The first kappa shape index (κ1) is 22.3. The number of amides is 2. The Bertz CT molecular complexity index is 1320. The molecule has 0 atom stereocenters. The number of aryl methyl sites for hydroxylation is 1. The van der Waals surface area contributed by atoms with Crippen LogP contribution in [0.25, 0.3) is 10.9 Å². The van der Waals surface area contributed by atoms with Gasteiger partial charge in [-0.3, -0.25) is 4.79 Å². The highest BCUT2D eigenvalue weighted by molar-refractivity contribution is 6.31. The normalized spacial score (nSPS) is 20.9. The quantitative estimate of drug-likeness (QED) is 0.465. The molecule has 1 saturated carbocycles. The Kier molecular flexibility index (Phi) is 5.70. The smallest absolute Gasteiger partial charge is 0.404 e. The van der Waals surface area contributed by atoms with Gasteiger partial charge >= 0.3 is 6.09 Å². The summed E-state index contributed by atoms with van der Waals surface area (Å²) in [6, 6.07) is 18.0. The maximum Gasteiger partial charge on any atom is 0.404 e. The van der Waals surface area contributed by atoms with E-state index in [0.717, 1.165) is 34.3 Å². The summed E-state index contributed by atoms with van der Waals surface area (Å²) in [4.78, 5) is 26.6. The van der Waals surface area contributed by atoms with E-state index in [1.165, 1.54) is 0 Å². The third kappa shape index (κ3) is 3.68. The Morgan fingerprint density at radius 1 is 1.24 bits per heavy atom. The summed E-state index contributed by atoms with van der Waals surface area (Å²) in [5, 5.41) is 22.0. The number of carbonyl (C=O) groups is 2. The molecule has 0 bridgehead atoms. The van der Waals surface area contributed by atoms with Crippen molar-refractivity contribution in [1.29, 1.82) is 5.26 Å². The number of rotatable bonds is 7. The Morgan fingerprint density at radius 3 is 2.79 bits per heavy atom. The fraction of sp³-hybridized carbons (Fsp3) is 0.346. The van der Waals surface area contributed by atoms with Crippen molar-refractivity contribution >= 4 is 40.2 Å². The first-order valence-electron chi connectivity index (χ1n) is 11.5. The lowest BCUT2D eigenvalue weighted by molar-refractivity contribution is -0.128. The van der Waals surface area contributed by atoms with Crippen molar-refractivity contribution in [2.75, 3.05) is 11.4 Å². The van der Waals surface area contributed by atoms with Gasteiger partial charge in [0.1, 0.15) is 0 Å². The van der Waals surface area contributed by atoms with Crippen LogP contribution in [-0.4, -0.2) is 28.2 Å². The molecule has 3 aromatic rings. The van der Waals surface area contributed by atoms with Gasteiger partial charge < -0.3 is 19.9 Å². The molecule has 174 valence electrons. The van der Waals surface area contributed by atoms with Gasteiger partial charge in [-0.1, -0.05) is 29.8 Å². The predicted molar refractivity (Wildman–Crippen MR) is 130 cm³/mol. The van der Waals surface area contributed by atoms with Crippen molar-refractivity contribution in [1.82, 2.24) is 9.88 Å². The number of unbranched alkanes of at least 4 members (excludes halogenated alkanes) is 1. The van der Waals surface area contributed by atoms with Crippen molar-refractivity contribution in [3.05, 3.63) is 64.8 Å². The van der Waals surface area contributed by atoms with Gasteiger partial charge in [-0.25, -0.2) is 4.79 Å². The van der Waals surface area contributed by atoms with Gasteiger partial charge in [-0.2, -0.15) is 5.26 Å². The molecule has 0 saturated heterocycles. The van der Waals surface area contributed by atoms with E-state index in [1.54, 1.807) is 0 Å². The molecule has 5 rings (SSSR count). The molecule has 2 aliphatic rings. The Balaban J connectivity index is 1.46. The lowest BCUT2D eigenvalue weighted by Gasteiger charge is -2.44. The van der Waals surface area contributed by atoms with Crippen molar-refractivity contribution in [3.8, 4) is 6.07 Å². The van der Waals surface area contributed by atoms with Gasteiger partial charge in [-0.15, -0.1) is 0 Å². The molecule has 1 spiro atoms. The van der Waals surface area contributed by atoms with Crippen LogP contribution in [0.2, 0.25) is 5.02 Å². The number of fused-ring (bicyclic) bond motifs is 3. The largest absolute Gasteiger partial charge is 0.465 e. The second kappa shape index (κ2) is 8.69. The van der Waals surface area contributed by atoms with Crippen molar-refractivity contribution in [3.63, 3.8) is 0 Å². The second-order valence-corrected chi connectivity index (χ2v) is 9.64. The van der Waals surface area contributed by atoms with Crippen molar-refractivity contribution < 1.29 is 14.7 Å². The summed E-state index contributed by atoms with van der Waals surface area (Å²) >= 11 is 6.23. The van der Waals surface area contributed by atoms with Gasteiger partial charge in [0.25, 0.3) is 0 Å². The number of carboxylic acid groups (broad SMARTS) is 1. The zero-order chi connectivity index (χ0) is 23.9. The summed E-state index contributed by atoms with van der Waals surface area (Å²) in [6.45, 7) is 1.47. The van der Waals surface area contributed by atoms with E-state index in [4.69, 9.17) is 22.0 Å². The summed E-state index contributed by atoms with van der Waals surface area (Å²) in [5.74, 6) is 0.222. The Hall–Kier alpha value is -3.50. The number of hydrogen-bond acceptors (Lipinski definition) is 3. The molecule has 1 aliphatic heterocycles. The number of nitrogens with one attached hydrogen (secondary N) is 1. The van der Waals surface area contributed by atoms with Gasteiger partial charge in [0, 0.05) is 46.8 Å². The number of hydrogen-bond donors (Lipinski definition) is 2. The molecule has 34 heavy (non-hydrogen) atoms. The van der Waals surface area contributed by atoms with Crippen LogP contribution < -0.4 is 10.2 Å². The van der Waals surface area contributed by atoms with Crippen LogP contribution in [-0.2, 0) is 23.3 Å². The van der Waals surface area contributed by atoms with Crippen molar-refractivity contribution in [2.24, 2.45) is 5.92 Å². The minimum absolute atomic E-state index is 0.0761. The van der Waals surface area contributed by atoms with Gasteiger partial charge in [-0.05, 0) is 61.1 Å². The highest BCUT2D eigenvalue weighted by atomic mass is 35.5. The minimum Gasteiger partial charge on any atom is -0.465 e. The molecule has 1 fully saturated rings. The molecule has 1 aromatic heterocycles. The lowest BCUT2D eigenvalue weighted by Crippen LogP contribution is -2.52. The molecule has 1 aliphatic carbocycles. The second-order valence-electron chi connectivity index (χ2n) is 9.20. The van der Waals surface area contributed by atoms with E-state index < -0.39 is 11.5 Å². The summed E-state index contributed by atoms with van der Waals surface area (Å²) in [6.07, 6.45) is 1.43. The minimum atomic E-state index is -1.04. The number of benzene rings is 2. The maximum absolute atomic E-state index is 13.8. The van der Waals surface area contributed by atoms with E-state index in [-0.39, 0.29) is 11.8 Å². The van der Waals surface area contributed by atoms with Crippen LogP contribution in [0.1, 0.15) is 36.9 Å². The number of nitriles is 1. The van der Waals surface area contributed by atoms with Crippen LogP contribution in [0.4, 0.5) is 10.5 Å². The van der Waals surface area contributed by atoms with E-state index in [9.17, 15) is 9.59 Å². The molecular weight excluding hydrogens is 452 g/mol. The maximum atomic E-state index is 13.8. The van der Waals surface area contributed by atoms with Crippen LogP contribution in [0.15, 0.2) is 48.5 Å². The summed E-state index contributed by atoms with van der Waals surface area (Å²) in [7, 11) is 0. The molecule has 0 radical (unpaired) electrons. The average molecular weight is 477 g/mol. The number of aromatic nitrogens is 1. The van der Waals surface area contributed by atoms with Crippen LogP contribution in [0.3, 0.4) is 0 Å². The molecule has 8 heteroatoms. The molecule has 7 nitrogen and oxygen atoms in total. The number of para-hydroxylation sites is 1. The fourth-order valence-electron chi connectivity index (χ4n) is 5.62. The average Bonchev–Trinajstić information content (AvgIpc) is 3.24. The molecule has 2 N–H and O–H groups in total. The van der Waals surface area contributed by atoms with Crippen LogP contribution in [0.5, 0.6) is 0 Å². The van der Waals surface area contributed by atoms with E-state index in [2.05, 4.69) is 22.0 Å². The molecule has 2 heterocycles. The number of halogens is 1. The monoisotopic (exact) mass is 476 g/mol. The lowest BCUT2D eigenvalue weighted by atomic mass is 9.59. The van der Waals surface area contributed by atoms with Crippen LogP contribution >= 0.6 is 11.6 Å². The zero-order valence-electron chi connectivity index (χ0n) is 18.6. The first-order chi connectivity index (χ1) is 16.4. The molecule has 2 aromatic carbocycles.